The Kier molecular flexibility index (Phi) is 2.25. The van der Waals surface area contributed by atoms with Crippen molar-refractivity contribution in [3.05, 3.63) is 24.2 Å². The number of nitrogens with one attached hydrogen (secondary N) is 1. The van der Waals surface area contributed by atoms with Gasteiger partial charge in [0, 0.05) is 0 Å². The molecule has 0 bridgehead atoms. The number of nitrogens with zero attached hydrogens (tertiary/aromatic N) is 3. The van der Waals surface area contributed by atoms with Crippen LogP contribution < -0.4 is 10.1 Å². The van der Waals surface area contributed by atoms with E-state index in [2.05, 4.69) is 15.4 Å². The molecule has 1 saturated heterocycles. The van der Waals surface area contributed by atoms with Gasteiger partial charge in [0.05, 0.1) is 19.3 Å². The van der Waals surface area contributed by atoms with Gasteiger partial charge in [-0.1, -0.05) is 0 Å². The maximum Gasteiger partial charge on any atom is 0.168 e. The van der Waals surface area contributed by atoms with E-state index >= 15 is 0 Å². The lowest BCUT2D eigenvalue weighted by Gasteiger charge is -2.02. The summed E-state index contributed by atoms with van der Waals surface area (Å²) in [7, 11) is 1.65. The predicted octanol–water partition coefficient (Wildman–Crippen LogP) is 1.16. The third kappa shape index (κ3) is 1.53. The number of hydrogen-bond acceptors (Lipinski definition) is 4. The van der Waals surface area contributed by atoms with E-state index in [4.69, 9.17) is 4.74 Å². The van der Waals surface area contributed by atoms with Crippen LogP contribution in [0.25, 0.3) is 5.65 Å². The smallest absolute Gasteiger partial charge is 0.168 e. The fourth-order valence-corrected chi connectivity index (χ4v) is 2.05. The van der Waals surface area contributed by atoms with Crippen molar-refractivity contribution in [1.29, 1.82) is 0 Å². The molecule has 2 aromatic rings. The summed E-state index contributed by atoms with van der Waals surface area (Å²) in [5.41, 5.74) is 0.865. The third-order valence-corrected chi connectivity index (χ3v) is 2.93. The van der Waals surface area contributed by atoms with Crippen molar-refractivity contribution in [2.75, 3.05) is 13.7 Å². The van der Waals surface area contributed by atoms with E-state index in [0.29, 0.717) is 6.04 Å². The molecule has 3 rings (SSSR count). The Balaban J connectivity index is 2.01. The summed E-state index contributed by atoms with van der Waals surface area (Å²) < 4.78 is 6.92. The summed E-state index contributed by atoms with van der Waals surface area (Å²) in [4.78, 5) is 4.50. The SMILES string of the molecule is COc1ccc2nc(C3CCCN3)nn2c1. The van der Waals surface area contributed by atoms with Crippen molar-refractivity contribution in [3.63, 3.8) is 0 Å². The summed E-state index contributed by atoms with van der Waals surface area (Å²) >= 11 is 0. The number of methoxy groups -OCH3 is 1. The number of rotatable bonds is 2. The van der Waals surface area contributed by atoms with Crippen molar-refractivity contribution in [2.24, 2.45) is 0 Å². The zero-order chi connectivity index (χ0) is 11.0. The summed E-state index contributed by atoms with van der Waals surface area (Å²) in [6.07, 6.45) is 4.17. The third-order valence-electron chi connectivity index (χ3n) is 2.93. The second-order valence-electron chi connectivity index (χ2n) is 3.99. The molecule has 0 radical (unpaired) electrons. The first-order valence-electron chi connectivity index (χ1n) is 5.50. The summed E-state index contributed by atoms with van der Waals surface area (Å²) in [5, 5.41) is 7.86. The van der Waals surface area contributed by atoms with Gasteiger partial charge in [0.1, 0.15) is 5.75 Å². The van der Waals surface area contributed by atoms with Crippen LogP contribution in [0.15, 0.2) is 18.3 Å². The van der Waals surface area contributed by atoms with Crippen LogP contribution in [0.5, 0.6) is 5.75 Å². The Hall–Kier alpha value is -1.62. The summed E-state index contributed by atoms with van der Waals surface area (Å²) in [6, 6.07) is 4.13. The van der Waals surface area contributed by atoms with E-state index in [1.807, 2.05) is 18.3 Å². The Bertz CT molecular complexity index is 502. The lowest BCUT2D eigenvalue weighted by Crippen LogP contribution is -2.14. The van der Waals surface area contributed by atoms with E-state index in [-0.39, 0.29) is 0 Å². The maximum absolute atomic E-state index is 5.15. The monoisotopic (exact) mass is 218 g/mol. The van der Waals surface area contributed by atoms with Gasteiger partial charge in [-0.05, 0) is 31.5 Å². The topological polar surface area (TPSA) is 51.5 Å². The molecular weight excluding hydrogens is 204 g/mol. The van der Waals surface area contributed by atoms with Gasteiger partial charge >= 0.3 is 0 Å². The Labute approximate surface area is 93.4 Å². The molecule has 1 aliphatic heterocycles. The van der Waals surface area contributed by atoms with Crippen LogP contribution in [-0.4, -0.2) is 28.3 Å². The molecule has 1 unspecified atom stereocenters. The largest absolute Gasteiger partial charge is 0.495 e. The Morgan fingerprint density at radius 3 is 3.19 bits per heavy atom. The molecule has 0 aliphatic carbocycles. The minimum atomic E-state index is 0.311. The lowest BCUT2D eigenvalue weighted by molar-refractivity contribution is 0.411. The highest BCUT2D eigenvalue weighted by molar-refractivity contribution is 5.40. The van der Waals surface area contributed by atoms with Gasteiger partial charge in [0.2, 0.25) is 0 Å². The first-order chi connectivity index (χ1) is 7.86. The highest BCUT2D eigenvalue weighted by Crippen LogP contribution is 2.21. The molecule has 1 fully saturated rings. The zero-order valence-electron chi connectivity index (χ0n) is 9.18. The van der Waals surface area contributed by atoms with Gasteiger partial charge in [0.25, 0.3) is 0 Å². The van der Waals surface area contributed by atoms with Crippen molar-refractivity contribution in [1.82, 2.24) is 19.9 Å². The van der Waals surface area contributed by atoms with Crippen molar-refractivity contribution in [3.8, 4) is 5.75 Å². The van der Waals surface area contributed by atoms with E-state index in [9.17, 15) is 0 Å². The molecular formula is C11H14N4O. The molecule has 5 heteroatoms. The van der Waals surface area contributed by atoms with Crippen LogP contribution in [0.1, 0.15) is 24.7 Å². The maximum atomic E-state index is 5.15. The van der Waals surface area contributed by atoms with Gasteiger partial charge < -0.3 is 10.1 Å². The molecule has 5 nitrogen and oxygen atoms in total. The number of aromatic nitrogens is 3. The average Bonchev–Trinajstić information content (AvgIpc) is 2.96. The van der Waals surface area contributed by atoms with Crippen LogP contribution in [0, 0.1) is 0 Å². The van der Waals surface area contributed by atoms with Crippen LogP contribution in [-0.2, 0) is 0 Å². The second kappa shape index (κ2) is 3.75. The molecule has 1 atom stereocenters. The molecule has 1 N–H and O–H groups in total. The first-order valence-corrected chi connectivity index (χ1v) is 5.50. The fourth-order valence-electron chi connectivity index (χ4n) is 2.05. The van der Waals surface area contributed by atoms with Gasteiger partial charge in [0.15, 0.2) is 11.5 Å². The zero-order valence-corrected chi connectivity index (χ0v) is 9.18. The van der Waals surface area contributed by atoms with E-state index in [0.717, 1.165) is 30.2 Å². The Morgan fingerprint density at radius 2 is 2.44 bits per heavy atom. The van der Waals surface area contributed by atoms with Gasteiger partial charge in [-0.3, -0.25) is 0 Å². The van der Waals surface area contributed by atoms with Crippen LogP contribution in [0.3, 0.4) is 0 Å². The van der Waals surface area contributed by atoms with Gasteiger partial charge in [-0.25, -0.2) is 9.50 Å². The van der Waals surface area contributed by atoms with Gasteiger partial charge in [-0.15, -0.1) is 5.10 Å². The van der Waals surface area contributed by atoms with Crippen molar-refractivity contribution < 1.29 is 4.74 Å². The number of fused-ring (bicyclic) bond motifs is 1. The highest BCUT2D eigenvalue weighted by Gasteiger charge is 2.20. The lowest BCUT2D eigenvalue weighted by atomic mass is 10.2. The molecule has 1 aliphatic rings. The second-order valence-corrected chi connectivity index (χ2v) is 3.99. The Morgan fingerprint density at radius 1 is 1.50 bits per heavy atom. The molecule has 3 heterocycles. The minimum Gasteiger partial charge on any atom is -0.495 e. The average molecular weight is 218 g/mol. The number of ether oxygens (including phenoxy) is 1. The summed E-state index contributed by atoms with van der Waals surface area (Å²) in [5.74, 6) is 1.68. The van der Waals surface area contributed by atoms with E-state index in [1.165, 1.54) is 6.42 Å². The van der Waals surface area contributed by atoms with E-state index in [1.54, 1.807) is 11.6 Å². The normalized spacial score (nSPS) is 20.4. The molecule has 0 saturated carbocycles. The summed E-state index contributed by atoms with van der Waals surface area (Å²) in [6.45, 7) is 1.06. The van der Waals surface area contributed by atoms with Crippen LogP contribution in [0.2, 0.25) is 0 Å². The van der Waals surface area contributed by atoms with E-state index < -0.39 is 0 Å². The standard InChI is InChI=1S/C11H14N4O/c1-16-8-4-5-10-13-11(14-15(10)7-8)9-3-2-6-12-9/h4-5,7,9,12H,2-3,6H2,1H3. The quantitative estimate of drug-likeness (QED) is 0.822. The molecule has 0 amide bonds. The predicted molar refractivity (Wildman–Crippen MR) is 59.5 cm³/mol. The molecule has 16 heavy (non-hydrogen) atoms. The molecule has 0 spiro atoms. The number of hydrogen-bond donors (Lipinski definition) is 1. The minimum absolute atomic E-state index is 0.311. The highest BCUT2D eigenvalue weighted by atomic mass is 16.5. The van der Waals surface area contributed by atoms with Crippen LogP contribution in [0.4, 0.5) is 0 Å². The molecule has 2 aromatic heterocycles. The van der Waals surface area contributed by atoms with Gasteiger partial charge in [-0.2, -0.15) is 0 Å². The molecule has 0 aromatic carbocycles. The van der Waals surface area contributed by atoms with Crippen molar-refractivity contribution in [2.45, 2.75) is 18.9 Å². The first kappa shape index (κ1) is 9.59. The fraction of sp³-hybridized carbons (Fsp3) is 0.455. The number of pyridine rings is 1. The van der Waals surface area contributed by atoms with Crippen molar-refractivity contribution >= 4 is 5.65 Å². The van der Waals surface area contributed by atoms with Crippen LogP contribution >= 0.6 is 0 Å². The molecule has 84 valence electrons.